The molecule has 138 valence electrons. The first kappa shape index (κ1) is 17.6. The van der Waals surface area contributed by atoms with E-state index in [0.717, 1.165) is 37.0 Å². The Bertz CT molecular complexity index is 755. The van der Waals surface area contributed by atoms with Gasteiger partial charge >= 0.3 is 0 Å². The molecule has 26 heavy (non-hydrogen) atoms. The topological polar surface area (TPSA) is 66.5 Å². The van der Waals surface area contributed by atoms with E-state index in [1.807, 2.05) is 0 Å². The number of nitrogens with one attached hydrogen (secondary N) is 1. The van der Waals surface area contributed by atoms with Crippen molar-refractivity contribution in [2.45, 2.75) is 61.8 Å². The molecule has 1 N–H and O–H groups in total. The number of imide groups is 1. The molecule has 0 aromatic heterocycles. The Labute approximate surface area is 157 Å². The van der Waals surface area contributed by atoms with Gasteiger partial charge in [0.1, 0.15) is 12.1 Å². The minimum absolute atomic E-state index is 0.00464. The molecule has 0 unspecified atom stereocenters. The number of carbonyl (C=O) groups excluding carboxylic acids is 3. The van der Waals surface area contributed by atoms with Gasteiger partial charge in [0.05, 0.1) is 5.75 Å². The molecule has 1 spiro atoms. The Morgan fingerprint density at radius 1 is 1.08 bits per heavy atom. The molecular formula is C20H24N2O3S. The predicted octanol–water partition coefficient (Wildman–Crippen LogP) is 2.46. The van der Waals surface area contributed by atoms with E-state index in [2.05, 4.69) is 23.5 Å². The van der Waals surface area contributed by atoms with E-state index in [4.69, 9.17) is 0 Å². The molecule has 4 rings (SSSR count). The molecule has 1 saturated carbocycles. The Balaban J connectivity index is 1.48. The third kappa shape index (κ3) is 3.15. The van der Waals surface area contributed by atoms with Crippen LogP contribution in [0.3, 0.4) is 0 Å². The van der Waals surface area contributed by atoms with E-state index in [9.17, 15) is 14.4 Å². The molecule has 0 bridgehead atoms. The molecule has 1 aromatic rings. The third-order valence-corrected chi connectivity index (χ3v) is 6.89. The predicted molar refractivity (Wildman–Crippen MR) is 99.9 cm³/mol. The minimum Gasteiger partial charge on any atom is -0.318 e. The molecule has 1 aliphatic heterocycles. The lowest BCUT2D eigenvalue weighted by Crippen LogP contribution is -2.69. The second-order valence-electron chi connectivity index (χ2n) is 7.52. The Morgan fingerprint density at radius 2 is 1.85 bits per heavy atom. The number of hydrogen-bond acceptors (Lipinski definition) is 4. The summed E-state index contributed by atoms with van der Waals surface area (Å²) >= 11 is 1.50. The summed E-state index contributed by atoms with van der Waals surface area (Å²) in [5, 5.41) is 2.45. The third-order valence-electron chi connectivity index (χ3n) is 5.91. The molecule has 2 fully saturated rings. The van der Waals surface area contributed by atoms with Gasteiger partial charge in [-0.25, -0.2) is 0 Å². The van der Waals surface area contributed by atoms with Crippen molar-refractivity contribution in [3.8, 4) is 0 Å². The molecule has 3 amide bonds. The van der Waals surface area contributed by atoms with Gasteiger partial charge in [0.15, 0.2) is 0 Å². The molecule has 1 saturated heterocycles. The molecular weight excluding hydrogens is 348 g/mol. The van der Waals surface area contributed by atoms with E-state index in [1.54, 1.807) is 4.90 Å². The van der Waals surface area contributed by atoms with Gasteiger partial charge in [0.25, 0.3) is 5.91 Å². The number of nitrogens with zero attached hydrogens (tertiary/aromatic N) is 1. The van der Waals surface area contributed by atoms with Gasteiger partial charge in [0, 0.05) is 4.90 Å². The average molecular weight is 372 g/mol. The maximum absolute atomic E-state index is 12.9. The normalized spacial score (nSPS) is 21.6. The molecule has 3 aliphatic rings. The van der Waals surface area contributed by atoms with Gasteiger partial charge in [-0.3, -0.25) is 19.7 Å². The quantitative estimate of drug-likeness (QED) is 0.654. The van der Waals surface area contributed by atoms with Crippen molar-refractivity contribution >= 4 is 29.5 Å². The fraction of sp³-hybridized carbons (Fsp3) is 0.550. The van der Waals surface area contributed by atoms with Crippen molar-refractivity contribution in [3.63, 3.8) is 0 Å². The van der Waals surface area contributed by atoms with Crippen molar-refractivity contribution in [1.29, 1.82) is 0 Å². The highest BCUT2D eigenvalue weighted by Crippen LogP contribution is 2.36. The molecule has 1 heterocycles. The van der Waals surface area contributed by atoms with E-state index < -0.39 is 5.54 Å². The molecule has 0 atom stereocenters. The van der Waals surface area contributed by atoms with Crippen LogP contribution in [0.4, 0.5) is 0 Å². The average Bonchev–Trinajstić information content (AvgIpc) is 3.11. The lowest BCUT2D eigenvalue weighted by Gasteiger charge is -2.47. The van der Waals surface area contributed by atoms with Crippen molar-refractivity contribution in [2.75, 3.05) is 12.3 Å². The summed E-state index contributed by atoms with van der Waals surface area (Å²) < 4.78 is 0. The van der Waals surface area contributed by atoms with Crippen molar-refractivity contribution < 1.29 is 14.4 Å². The van der Waals surface area contributed by atoms with Crippen LogP contribution in [0.5, 0.6) is 0 Å². The van der Waals surface area contributed by atoms with E-state index in [1.165, 1.54) is 29.3 Å². The number of hydrogen-bond donors (Lipinski definition) is 1. The number of amides is 3. The number of carbonyl (C=O) groups is 3. The van der Waals surface area contributed by atoms with Gasteiger partial charge in [-0.05, 0) is 55.4 Å². The first-order valence-corrected chi connectivity index (χ1v) is 10.5. The molecule has 2 aliphatic carbocycles. The summed E-state index contributed by atoms with van der Waals surface area (Å²) in [6, 6.07) is 6.42. The summed E-state index contributed by atoms with van der Waals surface area (Å²) in [7, 11) is 0. The standard InChI is InChI=1S/C20H24N2O3S/c23-17-12-22(20(19(25)21-17)9-2-1-3-10-20)18(24)13-26-16-8-7-14-5-4-6-15(14)11-16/h7-8,11H,1-6,9-10,12-13H2,(H,21,23,25). The highest BCUT2D eigenvalue weighted by Gasteiger charge is 2.50. The summed E-state index contributed by atoms with van der Waals surface area (Å²) in [6.45, 7) is -0.00464. The Hall–Kier alpha value is -1.82. The molecule has 1 aromatic carbocycles. The van der Waals surface area contributed by atoms with Crippen LogP contribution in [-0.2, 0) is 27.2 Å². The lowest BCUT2D eigenvalue weighted by molar-refractivity contribution is -0.158. The minimum atomic E-state index is -0.818. The number of aryl methyl sites for hydroxylation is 2. The van der Waals surface area contributed by atoms with Crippen molar-refractivity contribution in [2.24, 2.45) is 0 Å². The van der Waals surface area contributed by atoms with Crippen molar-refractivity contribution in [1.82, 2.24) is 10.2 Å². The van der Waals surface area contributed by atoms with Crippen LogP contribution in [0.1, 0.15) is 49.7 Å². The first-order valence-electron chi connectivity index (χ1n) is 9.48. The fourth-order valence-electron chi connectivity index (χ4n) is 4.52. The van der Waals surface area contributed by atoms with E-state index >= 15 is 0 Å². The van der Waals surface area contributed by atoms with Crippen LogP contribution in [0.25, 0.3) is 0 Å². The molecule has 5 nitrogen and oxygen atoms in total. The van der Waals surface area contributed by atoms with Gasteiger partial charge < -0.3 is 4.90 Å². The largest absolute Gasteiger partial charge is 0.318 e. The van der Waals surface area contributed by atoms with Crippen molar-refractivity contribution in [3.05, 3.63) is 29.3 Å². The van der Waals surface area contributed by atoms with Crippen LogP contribution in [-0.4, -0.2) is 40.5 Å². The first-order chi connectivity index (χ1) is 12.6. The van der Waals surface area contributed by atoms with E-state index in [0.29, 0.717) is 12.8 Å². The second kappa shape index (κ2) is 7.06. The summed E-state index contributed by atoms with van der Waals surface area (Å²) in [4.78, 5) is 40.0. The highest BCUT2D eigenvalue weighted by molar-refractivity contribution is 8.00. The molecule has 0 radical (unpaired) electrons. The Kier molecular flexibility index (Phi) is 4.78. The smallest absolute Gasteiger partial charge is 0.252 e. The number of rotatable bonds is 3. The van der Waals surface area contributed by atoms with Gasteiger partial charge in [-0.2, -0.15) is 0 Å². The lowest BCUT2D eigenvalue weighted by atomic mass is 9.78. The van der Waals surface area contributed by atoms with Crippen LogP contribution < -0.4 is 5.32 Å². The molecule has 6 heteroatoms. The van der Waals surface area contributed by atoms with Gasteiger partial charge in [0.2, 0.25) is 11.8 Å². The van der Waals surface area contributed by atoms with Crippen LogP contribution >= 0.6 is 11.8 Å². The Morgan fingerprint density at radius 3 is 2.65 bits per heavy atom. The SMILES string of the molecule is O=C1CN(C(=O)CSc2ccc3c(c2)CCC3)C2(CCCCC2)C(=O)N1. The monoisotopic (exact) mass is 372 g/mol. The zero-order valence-corrected chi connectivity index (χ0v) is 15.7. The van der Waals surface area contributed by atoms with Gasteiger partial charge in [-0.1, -0.05) is 25.3 Å². The number of thioether (sulfide) groups is 1. The maximum atomic E-state index is 12.9. The highest BCUT2D eigenvalue weighted by atomic mass is 32.2. The maximum Gasteiger partial charge on any atom is 0.252 e. The zero-order chi connectivity index (χ0) is 18.1. The number of piperazine rings is 1. The summed E-state index contributed by atoms with van der Waals surface area (Å²) in [5.41, 5.74) is 1.99. The fourth-order valence-corrected chi connectivity index (χ4v) is 5.36. The second-order valence-corrected chi connectivity index (χ2v) is 8.57. The number of benzene rings is 1. The summed E-state index contributed by atoms with van der Waals surface area (Å²) in [5.74, 6) is -0.506. The number of fused-ring (bicyclic) bond motifs is 1. The van der Waals surface area contributed by atoms with Crippen LogP contribution in [0, 0.1) is 0 Å². The van der Waals surface area contributed by atoms with Gasteiger partial charge in [-0.15, -0.1) is 11.8 Å². The zero-order valence-electron chi connectivity index (χ0n) is 14.9. The van der Waals surface area contributed by atoms with Crippen LogP contribution in [0.2, 0.25) is 0 Å². The summed E-state index contributed by atoms with van der Waals surface area (Å²) in [6.07, 6.45) is 7.69. The van der Waals surface area contributed by atoms with Crippen LogP contribution in [0.15, 0.2) is 23.1 Å². The van der Waals surface area contributed by atoms with E-state index in [-0.39, 0.29) is 30.0 Å².